The average molecular weight is 362 g/mol. The van der Waals surface area contributed by atoms with E-state index in [0.29, 0.717) is 12.0 Å². The van der Waals surface area contributed by atoms with Crippen LogP contribution in [-0.4, -0.2) is 47.1 Å². The van der Waals surface area contributed by atoms with Crippen LogP contribution >= 0.6 is 0 Å². The summed E-state index contributed by atoms with van der Waals surface area (Å²) in [5.41, 5.74) is 0.766. The number of rotatable bonds is 2. The molecular formula is C20H26O6. The van der Waals surface area contributed by atoms with Crippen LogP contribution in [0.5, 0.6) is 0 Å². The van der Waals surface area contributed by atoms with Gasteiger partial charge >= 0.3 is 11.9 Å². The topological polar surface area (TPSA) is 82.1 Å². The molecule has 0 radical (unpaired) electrons. The van der Waals surface area contributed by atoms with Crippen molar-refractivity contribution in [2.75, 3.05) is 0 Å². The van der Waals surface area contributed by atoms with Crippen molar-refractivity contribution in [3.8, 4) is 0 Å². The Morgan fingerprint density at radius 1 is 1.50 bits per heavy atom. The van der Waals surface area contributed by atoms with Crippen LogP contribution in [-0.2, 0) is 23.8 Å². The number of hydrogen-bond donors (Lipinski definition) is 1. The summed E-state index contributed by atoms with van der Waals surface area (Å²) in [6, 6.07) is 0. The summed E-state index contributed by atoms with van der Waals surface area (Å²) in [6.45, 7) is 11.0. The fourth-order valence-electron chi connectivity index (χ4n) is 3.90. The van der Waals surface area contributed by atoms with E-state index in [2.05, 4.69) is 6.58 Å². The van der Waals surface area contributed by atoms with Gasteiger partial charge in [0.1, 0.15) is 12.2 Å². The largest absolute Gasteiger partial charge is 0.458 e. The molecule has 0 saturated carbocycles. The number of hydrogen-bond acceptors (Lipinski definition) is 6. The van der Waals surface area contributed by atoms with E-state index in [0.717, 1.165) is 5.57 Å². The maximum absolute atomic E-state index is 12.4. The molecule has 26 heavy (non-hydrogen) atoms. The van der Waals surface area contributed by atoms with Gasteiger partial charge in [0, 0.05) is 24.0 Å². The molecule has 0 amide bonds. The van der Waals surface area contributed by atoms with Gasteiger partial charge in [0.15, 0.2) is 0 Å². The van der Waals surface area contributed by atoms with Crippen LogP contribution in [0.4, 0.5) is 0 Å². The highest BCUT2D eigenvalue weighted by Gasteiger charge is 2.53. The fourth-order valence-corrected chi connectivity index (χ4v) is 3.90. The predicted molar refractivity (Wildman–Crippen MR) is 94.1 cm³/mol. The summed E-state index contributed by atoms with van der Waals surface area (Å²) in [4.78, 5) is 24.5. The molecule has 1 N–H and O–H groups in total. The normalized spacial score (nSPS) is 42.1. The van der Waals surface area contributed by atoms with Crippen LogP contribution in [0.15, 0.2) is 35.5 Å². The molecule has 2 fully saturated rings. The van der Waals surface area contributed by atoms with Gasteiger partial charge in [-0.25, -0.2) is 9.59 Å². The van der Waals surface area contributed by atoms with Crippen molar-refractivity contribution in [2.45, 2.75) is 70.6 Å². The fraction of sp³-hybridized carbons (Fsp3) is 0.600. The predicted octanol–water partition coefficient (Wildman–Crippen LogP) is 2.22. The Balaban J connectivity index is 2.02. The van der Waals surface area contributed by atoms with E-state index >= 15 is 0 Å². The molecule has 3 aliphatic heterocycles. The van der Waals surface area contributed by atoms with Crippen molar-refractivity contribution in [2.24, 2.45) is 5.92 Å². The van der Waals surface area contributed by atoms with E-state index in [1.54, 1.807) is 19.9 Å². The Morgan fingerprint density at radius 2 is 2.19 bits per heavy atom. The first-order chi connectivity index (χ1) is 12.2. The first-order valence-electron chi connectivity index (χ1n) is 8.94. The van der Waals surface area contributed by atoms with Gasteiger partial charge < -0.3 is 19.3 Å². The Labute approximate surface area is 153 Å². The third-order valence-electron chi connectivity index (χ3n) is 5.77. The van der Waals surface area contributed by atoms with Crippen molar-refractivity contribution in [1.82, 2.24) is 0 Å². The Kier molecular flexibility index (Phi) is 4.84. The molecule has 2 saturated heterocycles. The number of aliphatic hydroxyl groups is 1. The molecule has 0 aliphatic carbocycles. The van der Waals surface area contributed by atoms with Crippen LogP contribution in [0.2, 0.25) is 0 Å². The van der Waals surface area contributed by atoms with Gasteiger partial charge in [0.2, 0.25) is 0 Å². The summed E-state index contributed by atoms with van der Waals surface area (Å²) in [6.07, 6.45) is 2.02. The summed E-state index contributed by atoms with van der Waals surface area (Å²) in [7, 11) is 0. The Bertz CT molecular complexity index is 705. The molecule has 0 aromatic rings. The highest BCUT2D eigenvalue weighted by molar-refractivity contribution is 5.92. The highest BCUT2D eigenvalue weighted by atomic mass is 16.6. The zero-order valence-corrected chi connectivity index (χ0v) is 15.7. The molecule has 0 aromatic carbocycles. The van der Waals surface area contributed by atoms with Gasteiger partial charge in [0.05, 0.1) is 23.7 Å². The molecule has 6 atom stereocenters. The van der Waals surface area contributed by atoms with Gasteiger partial charge in [-0.05, 0) is 39.3 Å². The van der Waals surface area contributed by atoms with Crippen LogP contribution in [0.1, 0.15) is 40.5 Å². The molecule has 3 heterocycles. The minimum Gasteiger partial charge on any atom is -0.458 e. The molecule has 0 unspecified atom stereocenters. The summed E-state index contributed by atoms with van der Waals surface area (Å²) < 4.78 is 17.3. The quantitative estimate of drug-likeness (QED) is 0.461. The molecule has 3 aliphatic rings. The summed E-state index contributed by atoms with van der Waals surface area (Å²) in [5.74, 6) is -1.44. The SMILES string of the molecule is C=C1C(=O)O[C@@H]2/C=C(/C)[C@H]3C[C@@H](O)[C@@](C)(C[C@@H](OC(=O)/C(C)=C/C)[C@@H]12)O3. The van der Waals surface area contributed by atoms with Crippen LogP contribution in [0, 0.1) is 5.92 Å². The van der Waals surface area contributed by atoms with Gasteiger partial charge in [-0.1, -0.05) is 12.7 Å². The summed E-state index contributed by atoms with van der Waals surface area (Å²) in [5, 5.41) is 10.6. The smallest absolute Gasteiger partial charge is 0.334 e. The lowest BCUT2D eigenvalue weighted by atomic mass is 9.81. The van der Waals surface area contributed by atoms with Crippen molar-refractivity contribution < 1.29 is 28.9 Å². The van der Waals surface area contributed by atoms with Crippen molar-refractivity contribution in [3.05, 3.63) is 35.5 Å². The molecule has 3 rings (SSSR count). The van der Waals surface area contributed by atoms with E-state index < -0.39 is 41.8 Å². The number of carbonyl (C=O) groups is 2. The minimum absolute atomic E-state index is 0.255. The number of carbonyl (C=O) groups excluding carboxylic acids is 2. The molecule has 0 spiro atoms. The molecule has 6 heteroatoms. The van der Waals surface area contributed by atoms with Crippen LogP contribution in [0.25, 0.3) is 0 Å². The molecular weight excluding hydrogens is 336 g/mol. The second-order valence-corrected chi connectivity index (χ2v) is 7.62. The molecule has 2 bridgehead atoms. The Morgan fingerprint density at radius 3 is 2.85 bits per heavy atom. The van der Waals surface area contributed by atoms with Gasteiger partial charge in [-0.2, -0.15) is 0 Å². The minimum atomic E-state index is -0.880. The van der Waals surface area contributed by atoms with E-state index in [-0.39, 0.29) is 18.1 Å². The van der Waals surface area contributed by atoms with Crippen LogP contribution in [0.3, 0.4) is 0 Å². The lowest BCUT2D eigenvalue weighted by Gasteiger charge is -2.34. The zero-order chi connectivity index (χ0) is 19.2. The number of aliphatic hydroxyl groups excluding tert-OH is 1. The van der Waals surface area contributed by atoms with Gasteiger partial charge in [-0.15, -0.1) is 0 Å². The van der Waals surface area contributed by atoms with Crippen molar-refractivity contribution >= 4 is 11.9 Å². The first kappa shape index (κ1) is 18.9. The number of fused-ring (bicyclic) bond motifs is 3. The second kappa shape index (κ2) is 6.67. The lowest BCUT2D eigenvalue weighted by Crippen LogP contribution is -2.44. The monoisotopic (exact) mass is 362 g/mol. The Hall–Kier alpha value is -1.92. The maximum atomic E-state index is 12.4. The number of ether oxygens (including phenoxy) is 3. The molecule has 142 valence electrons. The molecule has 0 aromatic heterocycles. The molecule has 6 nitrogen and oxygen atoms in total. The van der Waals surface area contributed by atoms with Crippen molar-refractivity contribution in [1.29, 1.82) is 0 Å². The highest BCUT2D eigenvalue weighted by Crippen LogP contribution is 2.44. The van der Waals surface area contributed by atoms with Gasteiger partial charge in [0.25, 0.3) is 0 Å². The van der Waals surface area contributed by atoms with Gasteiger partial charge in [-0.3, -0.25) is 0 Å². The maximum Gasteiger partial charge on any atom is 0.334 e. The van der Waals surface area contributed by atoms with E-state index in [1.165, 1.54) is 0 Å². The lowest BCUT2D eigenvalue weighted by molar-refractivity contribution is -0.154. The standard InChI is InChI=1S/C20H26O6/c1-6-10(2)18(22)25-15-9-20(5)16(21)8-13(26-20)11(3)7-14-17(15)12(4)19(23)24-14/h6-7,13-17,21H,4,8-9H2,1-3,5H3/b10-6+,11-7-/t13-,14-,15-,16-,17+,20-/m1/s1. The number of esters is 2. The average Bonchev–Trinajstić information content (AvgIpc) is 3.03. The van der Waals surface area contributed by atoms with E-state index in [4.69, 9.17) is 14.2 Å². The first-order valence-corrected chi connectivity index (χ1v) is 8.94. The van der Waals surface area contributed by atoms with E-state index in [9.17, 15) is 14.7 Å². The van der Waals surface area contributed by atoms with Crippen LogP contribution < -0.4 is 0 Å². The zero-order valence-electron chi connectivity index (χ0n) is 15.7. The number of allylic oxidation sites excluding steroid dienone is 1. The summed E-state index contributed by atoms with van der Waals surface area (Å²) >= 11 is 0. The second-order valence-electron chi connectivity index (χ2n) is 7.62. The third-order valence-corrected chi connectivity index (χ3v) is 5.77. The van der Waals surface area contributed by atoms with Crippen molar-refractivity contribution in [3.63, 3.8) is 0 Å². The van der Waals surface area contributed by atoms with E-state index in [1.807, 2.05) is 19.9 Å². The third kappa shape index (κ3) is 3.12.